The van der Waals surface area contributed by atoms with E-state index in [1.807, 2.05) is 17.8 Å². The molecule has 0 bridgehead atoms. The van der Waals surface area contributed by atoms with Crippen LogP contribution >= 0.6 is 0 Å². The molecule has 1 atom stereocenters. The first-order valence-corrected chi connectivity index (χ1v) is 7.49. The van der Waals surface area contributed by atoms with Gasteiger partial charge in [-0.1, -0.05) is 0 Å². The summed E-state index contributed by atoms with van der Waals surface area (Å²) in [6, 6.07) is 2.39. The van der Waals surface area contributed by atoms with Crippen molar-refractivity contribution < 1.29 is 8.42 Å². The van der Waals surface area contributed by atoms with Crippen LogP contribution < -0.4 is 5.32 Å². The average molecular weight is 244 g/mol. The molecule has 92 valence electrons. The summed E-state index contributed by atoms with van der Waals surface area (Å²) < 4.78 is 24.0. The molecule has 5 heteroatoms. The van der Waals surface area contributed by atoms with Crippen molar-refractivity contribution in [1.29, 1.82) is 0 Å². The number of hydrogen-bond acceptors (Lipinski definition) is 3. The number of nitrogens with one attached hydrogen (secondary N) is 1. The molecule has 0 aliphatic carbocycles. The third kappa shape index (κ3) is 4.37. The molecule has 0 aromatic carbocycles. The molecular weight excluding hydrogens is 224 g/mol. The van der Waals surface area contributed by atoms with Crippen molar-refractivity contribution in [3.8, 4) is 0 Å². The number of rotatable bonds is 6. The van der Waals surface area contributed by atoms with Gasteiger partial charge in [-0.2, -0.15) is 0 Å². The lowest BCUT2D eigenvalue weighted by atomic mass is 10.2. The van der Waals surface area contributed by atoms with Crippen LogP contribution in [0.5, 0.6) is 0 Å². The van der Waals surface area contributed by atoms with E-state index >= 15 is 0 Å². The van der Waals surface area contributed by atoms with E-state index in [1.165, 1.54) is 11.8 Å². The predicted molar refractivity (Wildman–Crippen MR) is 66.2 cm³/mol. The molecule has 0 fully saturated rings. The van der Waals surface area contributed by atoms with Gasteiger partial charge in [0.05, 0.1) is 5.75 Å². The van der Waals surface area contributed by atoms with E-state index in [2.05, 4.69) is 24.5 Å². The molecule has 0 aliphatic rings. The van der Waals surface area contributed by atoms with Crippen molar-refractivity contribution in [2.45, 2.75) is 25.9 Å². The first kappa shape index (κ1) is 13.3. The van der Waals surface area contributed by atoms with E-state index < -0.39 is 9.84 Å². The lowest BCUT2D eigenvalue weighted by Crippen LogP contribution is -2.11. The molecule has 1 aromatic heterocycles. The summed E-state index contributed by atoms with van der Waals surface area (Å²) in [4.78, 5) is 0. The van der Waals surface area contributed by atoms with Gasteiger partial charge in [0.1, 0.15) is 9.84 Å². The van der Waals surface area contributed by atoms with Crippen LogP contribution in [0, 0.1) is 0 Å². The van der Waals surface area contributed by atoms with Gasteiger partial charge < -0.3 is 9.88 Å². The molecule has 4 nitrogen and oxygen atoms in total. The Hall–Kier alpha value is -0.810. The highest BCUT2D eigenvalue weighted by molar-refractivity contribution is 7.90. The van der Waals surface area contributed by atoms with Gasteiger partial charge in [0.2, 0.25) is 0 Å². The van der Waals surface area contributed by atoms with Crippen LogP contribution in [-0.4, -0.2) is 32.0 Å². The molecule has 0 amide bonds. The lowest BCUT2D eigenvalue weighted by Gasteiger charge is -2.07. The second-order valence-electron chi connectivity index (χ2n) is 4.18. The molecule has 1 N–H and O–H groups in total. The minimum Gasteiger partial charge on any atom is -0.354 e. The quantitative estimate of drug-likeness (QED) is 0.818. The van der Waals surface area contributed by atoms with Crippen LogP contribution in [0.4, 0.5) is 0 Å². The Morgan fingerprint density at radius 3 is 2.75 bits per heavy atom. The molecule has 0 aliphatic heterocycles. The minimum atomic E-state index is -2.83. The number of aromatic nitrogens is 1. The van der Waals surface area contributed by atoms with Crippen molar-refractivity contribution in [3.63, 3.8) is 0 Å². The molecule has 0 saturated carbocycles. The Kier molecular flexibility index (Phi) is 4.56. The minimum absolute atomic E-state index is 0.252. The largest absolute Gasteiger partial charge is 0.354 e. The van der Waals surface area contributed by atoms with Crippen LogP contribution in [0.1, 0.15) is 24.9 Å². The van der Waals surface area contributed by atoms with Crippen LogP contribution in [0.25, 0.3) is 0 Å². The SMILES string of the molecule is CNC(C)c1ccn(CCCS(C)(=O)=O)c1. The van der Waals surface area contributed by atoms with E-state index in [4.69, 9.17) is 0 Å². The maximum Gasteiger partial charge on any atom is 0.147 e. The Labute approximate surface area is 97.6 Å². The third-order valence-electron chi connectivity index (χ3n) is 2.64. The molecule has 1 unspecified atom stereocenters. The summed E-state index contributed by atoms with van der Waals surface area (Å²) in [6.07, 6.45) is 5.99. The van der Waals surface area contributed by atoms with Gasteiger partial charge in [0, 0.05) is 31.2 Å². The smallest absolute Gasteiger partial charge is 0.147 e. The summed E-state index contributed by atoms with van der Waals surface area (Å²) in [7, 11) is -0.912. The number of sulfone groups is 1. The molecule has 1 aromatic rings. The van der Waals surface area contributed by atoms with Crippen LogP contribution in [0.15, 0.2) is 18.5 Å². The maximum absolute atomic E-state index is 11.0. The normalized spacial score (nSPS) is 13.9. The lowest BCUT2D eigenvalue weighted by molar-refractivity contribution is 0.591. The summed E-state index contributed by atoms with van der Waals surface area (Å²) in [5.74, 6) is 0.252. The third-order valence-corrected chi connectivity index (χ3v) is 3.67. The summed E-state index contributed by atoms with van der Waals surface area (Å²) >= 11 is 0. The Morgan fingerprint density at radius 2 is 2.19 bits per heavy atom. The van der Waals surface area contributed by atoms with E-state index in [9.17, 15) is 8.42 Å². The zero-order valence-electron chi connectivity index (χ0n) is 10.1. The Balaban J connectivity index is 2.47. The second-order valence-corrected chi connectivity index (χ2v) is 6.44. The molecule has 16 heavy (non-hydrogen) atoms. The van der Waals surface area contributed by atoms with Gasteiger partial charge in [0.25, 0.3) is 0 Å². The topological polar surface area (TPSA) is 51.1 Å². The van der Waals surface area contributed by atoms with Crippen LogP contribution in [0.3, 0.4) is 0 Å². The Morgan fingerprint density at radius 1 is 1.50 bits per heavy atom. The molecule has 0 spiro atoms. The predicted octanol–water partition coefficient (Wildman–Crippen LogP) is 1.20. The fraction of sp³-hybridized carbons (Fsp3) is 0.636. The van der Waals surface area contributed by atoms with Crippen molar-refractivity contribution >= 4 is 9.84 Å². The highest BCUT2D eigenvalue weighted by Crippen LogP contribution is 2.12. The summed E-state index contributed by atoms with van der Waals surface area (Å²) in [5.41, 5.74) is 1.22. The van der Waals surface area contributed by atoms with Gasteiger partial charge >= 0.3 is 0 Å². The number of nitrogens with zero attached hydrogens (tertiary/aromatic N) is 1. The summed E-state index contributed by atoms with van der Waals surface area (Å²) in [5, 5.41) is 3.17. The van der Waals surface area contributed by atoms with E-state index in [-0.39, 0.29) is 5.75 Å². The average Bonchev–Trinajstić information content (AvgIpc) is 2.63. The van der Waals surface area contributed by atoms with Gasteiger partial charge in [-0.3, -0.25) is 0 Å². The van der Waals surface area contributed by atoms with E-state index in [0.29, 0.717) is 12.5 Å². The fourth-order valence-corrected chi connectivity index (χ4v) is 2.18. The fourth-order valence-electron chi connectivity index (χ4n) is 1.53. The van der Waals surface area contributed by atoms with Crippen molar-refractivity contribution in [2.75, 3.05) is 19.1 Å². The molecule has 1 rings (SSSR count). The highest BCUT2D eigenvalue weighted by Gasteiger charge is 2.05. The molecular formula is C11H20N2O2S. The highest BCUT2D eigenvalue weighted by atomic mass is 32.2. The van der Waals surface area contributed by atoms with Gasteiger partial charge in [-0.05, 0) is 32.0 Å². The van der Waals surface area contributed by atoms with Crippen LogP contribution in [0.2, 0.25) is 0 Å². The van der Waals surface area contributed by atoms with Crippen molar-refractivity contribution in [3.05, 3.63) is 24.0 Å². The van der Waals surface area contributed by atoms with Gasteiger partial charge in [-0.15, -0.1) is 0 Å². The zero-order chi connectivity index (χ0) is 12.2. The molecule has 0 saturated heterocycles. The van der Waals surface area contributed by atoms with Gasteiger partial charge in [0.15, 0.2) is 0 Å². The number of hydrogen-bond donors (Lipinski definition) is 1. The monoisotopic (exact) mass is 244 g/mol. The zero-order valence-corrected chi connectivity index (χ0v) is 10.9. The summed E-state index contributed by atoms with van der Waals surface area (Å²) in [6.45, 7) is 2.85. The van der Waals surface area contributed by atoms with Crippen molar-refractivity contribution in [1.82, 2.24) is 9.88 Å². The molecule has 1 heterocycles. The molecule has 0 radical (unpaired) electrons. The van der Waals surface area contributed by atoms with E-state index in [1.54, 1.807) is 0 Å². The number of aryl methyl sites for hydroxylation is 1. The van der Waals surface area contributed by atoms with E-state index in [0.717, 1.165) is 6.54 Å². The Bertz CT molecular complexity index is 423. The standard InChI is InChI=1S/C11H20N2O2S/c1-10(12-2)11-5-7-13(9-11)6-4-8-16(3,14)15/h5,7,9-10,12H,4,6,8H2,1-3H3. The maximum atomic E-state index is 11.0. The first-order valence-electron chi connectivity index (χ1n) is 5.43. The van der Waals surface area contributed by atoms with Crippen LogP contribution in [-0.2, 0) is 16.4 Å². The second kappa shape index (κ2) is 5.50. The van der Waals surface area contributed by atoms with Crippen molar-refractivity contribution in [2.24, 2.45) is 0 Å². The first-order chi connectivity index (χ1) is 7.42. The van der Waals surface area contributed by atoms with Gasteiger partial charge in [-0.25, -0.2) is 8.42 Å².